The van der Waals surface area contributed by atoms with E-state index in [2.05, 4.69) is 57.1 Å². The minimum absolute atomic E-state index is 0.133. The first kappa shape index (κ1) is 14.2. The van der Waals surface area contributed by atoms with Gasteiger partial charge in [0, 0.05) is 24.9 Å². The lowest BCUT2D eigenvalue weighted by Crippen LogP contribution is -2.37. The van der Waals surface area contributed by atoms with Gasteiger partial charge in [-0.15, -0.1) is 10.2 Å². The molecule has 98 valence electrons. The third-order valence-electron chi connectivity index (χ3n) is 2.18. The summed E-state index contributed by atoms with van der Waals surface area (Å²) in [6.45, 7) is 13.8. The van der Waals surface area contributed by atoms with E-state index in [1.165, 1.54) is 0 Å². The summed E-state index contributed by atoms with van der Waals surface area (Å²) in [6, 6.07) is 0. The molecule has 17 heavy (non-hydrogen) atoms. The van der Waals surface area contributed by atoms with E-state index >= 15 is 0 Å². The average Bonchev–Trinajstić information content (AvgIpc) is 2.46. The van der Waals surface area contributed by atoms with Gasteiger partial charge in [0.1, 0.15) is 0 Å². The summed E-state index contributed by atoms with van der Waals surface area (Å²) in [6.07, 6.45) is 1.61. The normalized spacial score (nSPS) is 13.1. The molecule has 1 N–H and O–H groups in total. The minimum atomic E-state index is 0.133. The molecule has 1 aromatic rings. The Hall–Kier alpha value is -0.900. The average molecular weight is 239 g/mol. The molecule has 4 nitrogen and oxygen atoms in total. The number of nitrogens with zero attached hydrogens (tertiary/aromatic N) is 2. The minimum Gasteiger partial charge on any atom is -0.425 e. The van der Waals surface area contributed by atoms with Crippen LogP contribution in [0.5, 0.6) is 0 Å². The van der Waals surface area contributed by atoms with Gasteiger partial charge in [0.05, 0.1) is 0 Å². The first-order chi connectivity index (χ1) is 7.66. The highest BCUT2D eigenvalue weighted by Gasteiger charge is 2.16. The molecule has 0 aromatic carbocycles. The Morgan fingerprint density at radius 1 is 1.00 bits per heavy atom. The molecule has 0 aliphatic heterocycles. The maximum atomic E-state index is 5.61. The molecular weight excluding hydrogens is 214 g/mol. The summed E-state index contributed by atoms with van der Waals surface area (Å²) in [5.74, 6) is 1.46. The SMILES string of the molecule is CC(C)(C)Cc1nnc(CCNC(C)(C)C)o1. The Labute approximate surface area is 104 Å². The van der Waals surface area contributed by atoms with Crippen LogP contribution in [-0.2, 0) is 12.8 Å². The Balaban J connectivity index is 2.41. The van der Waals surface area contributed by atoms with Crippen LogP contribution >= 0.6 is 0 Å². The van der Waals surface area contributed by atoms with Crippen LogP contribution in [0.3, 0.4) is 0 Å². The van der Waals surface area contributed by atoms with Crippen LogP contribution in [0.1, 0.15) is 53.3 Å². The molecule has 4 heteroatoms. The van der Waals surface area contributed by atoms with Gasteiger partial charge in [0.25, 0.3) is 0 Å². The fraction of sp³-hybridized carbons (Fsp3) is 0.846. The summed E-state index contributed by atoms with van der Waals surface area (Å²) in [4.78, 5) is 0. The molecule has 0 atom stereocenters. The van der Waals surface area contributed by atoms with E-state index in [4.69, 9.17) is 4.42 Å². The zero-order valence-electron chi connectivity index (χ0n) is 11.9. The molecular formula is C13H25N3O. The zero-order valence-corrected chi connectivity index (χ0v) is 11.9. The van der Waals surface area contributed by atoms with Crippen LogP contribution in [0.25, 0.3) is 0 Å². The first-order valence-corrected chi connectivity index (χ1v) is 6.22. The zero-order chi connectivity index (χ0) is 13.1. The first-order valence-electron chi connectivity index (χ1n) is 6.22. The highest BCUT2D eigenvalue weighted by Crippen LogP contribution is 2.19. The van der Waals surface area contributed by atoms with Gasteiger partial charge in [-0.2, -0.15) is 0 Å². The van der Waals surface area contributed by atoms with E-state index in [-0.39, 0.29) is 11.0 Å². The monoisotopic (exact) mass is 239 g/mol. The summed E-state index contributed by atoms with van der Waals surface area (Å²) in [7, 11) is 0. The van der Waals surface area contributed by atoms with Crippen LogP contribution in [0, 0.1) is 5.41 Å². The van der Waals surface area contributed by atoms with Crippen molar-refractivity contribution in [3.05, 3.63) is 11.8 Å². The van der Waals surface area contributed by atoms with Crippen molar-refractivity contribution in [1.29, 1.82) is 0 Å². The standard InChI is InChI=1S/C13H25N3O/c1-12(2,3)9-11-16-15-10(17-11)7-8-14-13(4,5)6/h14H,7-9H2,1-6H3. The fourth-order valence-corrected chi connectivity index (χ4v) is 1.46. The molecule has 1 rings (SSSR count). The van der Waals surface area contributed by atoms with Gasteiger partial charge < -0.3 is 9.73 Å². The van der Waals surface area contributed by atoms with E-state index in [0.717, 1.165) is 31.2 Å². The lowest BCUT2D eigenvalue weighted by Gasteiger charge is -2.19. The predicted molar refractivity (Wildman–Crippen MR) is 68.9 cm³/mol. The second-order valence-electron chi connectivity index (χ2n) is 6.75. The molecule has 0 aliphatic rings. The number of nitrogens with one attached hydrogen (secondary N) is 1. The van der Waals surface area contributed by atoms with Crippen LogP contribution in [-0.4, -0.2) is 22.3 Å². The van der Waals surface area contributed by atoms with Crippen molar-refractivity contribution >= 4 is 0 Å². The summed E-state index contributed by atoms with van der Waals surface area (Å²) in [5, 5.41) is 11.5. The molecule has 0 saturated heterocycles. The Kier molecular flexibility index (Phi) is 4.31. The van der Waals surface area contributed by atoms with E-state index in [1.807, 2.05) is 0 Å². The largest absolute Gasteiger partial charge is 0.425 e. The van der Waals surface area contributed by atoms with Crippen LogP contribution in [0.2, 0.25) is 0 Å². The molecule has 0 spiro atoms. The quantitative estimate of drug-likeness (QED) is 0.877. The maximum absolute atomic E-state index is 5.61. The van der Waals surface area contributed by atoms with Gasteiger partial charge in [-0.05, 0) is 26.2 Å². The number of hydrogen-bond donors (Lipinski definition) is 1. The summed E-state index contributed by atoms with van der Waals surface area (Å²) in [5.41, 5.74) is 0.321. The molecule has 0 saturated carbocycles. The molecule has 0 fully saturated rings. The highest BCUT2D eigenvalue weighted by atomic mass is 16.4. The van der Waals surface area contributed by atoms with Crippen LogP contribution in [0.4, 0.5) is 0 Å². The van der Waals surface area contributed by atoms with Crippen molar-refractivity contribution in [1.82, 2.24) is 15.5 Å². The van der Waals surface area contributed by atoms with Crippen molar-refractivity contribution in [2.45, 2.75) is 59.9 Å². The summed E-state index contributed by atoms with van der Waals surface area (Å²) >= 11 is 0. The van der Waals surface area contributed by atoms with Crippen molar-refractivity contribution in [2.75, 3.05) is 6.54 Å². The second kappa shape index (κ2) is 5.17. The Morgan fingerprint density at radius 3 is 2.12 bits per heavy atom. The molecule has 1 heterocycles. The van der Waals surface area contributed by atoms with Gasteiger partial charge in [-0.3, -0.25) is 0 Å². The molecule has 1 aromatic heterocycles. The van der Waals surface area contributed by atoms with E-state index in [1.54, 1.807) is 0 Å². The van der Waals surface area contributed by atoms with Gasteiger partial charge in [-0.25, -0.2) is 0 Å². The highest BCUT2D eigenvalue weighted by molar-refractivity contribution is 4.87. The predicted octanol–water partition coefficient (Wildman–Crippen LogP) is 2.59. The van der Waals surface area contributed by atoms with E-state index in [0.29, 0.717) is 0 Å². The lowest BCUT2D eigenvalue weighted by molar-refractivity contribution is 0.341. The molecule has 0 amide bonds. The maximum Gasteiger partial charge on any atom is 0.217 e. The smallest absolute Gasteiger partial charge is 0.217 e. The number of hydrogen-bond acceptors (Lipinski definition) is 4. The fourth-order valence-electron chi connectivity index (χ4n) is 1.46. The van der Waals surface area contributed by atoms with Gasteiger partial charge >= 0.3 is 0 Å². The van der Waals surface area contributed by atoms with Crippen LogP contribution in [0.15, 0.2) is 4.42 Å². The number of rotatable bonds is 4. The third kappa shape index (κ3) is 6.41. The van der Waals surface area contributed by atoms with Crippen molar-refractivity contribution in [3.8, 4) is 0 Å². The van der Waals surface area contributed by atoms with E-state index < -0.39 is 0 Å². The van der Waals surface area contributed by atoms with Crippen LogP contribution < -0.4 is 5.32 Å². The summed E-state index contributed by atoms with van der Waals surface area (Å²) < 4.78 is 5.61. The molecule has 0 radical (unpaired) electrons. The van der Waals surface area contributed by atoms with Crippen molar-refractivity contribution in [3.63, 3.8) is 0 Å². The van der Waals surface area contributed by atoms with Gasteiger partial charge in [0.2, 0.25) is 11.8 Å². The molecule has 0 unspecified atom stereocenters. The topological polar surface area (TPSA) is 51.0 Å². The van der Waals surface area contributed by atoms with Crippen molar-refractivity contribution < 1.29 is 4.42 Å². The molecule has 0 aliphatic carbocycles. The van der Waals surface area contributed by atoms with Crippen molar-refractivity contribution in [2.24, 2.45) is 5.41 Å². The number of aromatic nitrogens is 2. The Bertz CT molecular complexity index is 344. The van der Waals surface area contributed by atoms with E-state index in [9.17, 15) is 0 Å². The van der Waals surface area contributed by atoms with Gasteiger partial charge in [0.15, 0.2) is 0 Å². The molecule has 0 bridgehead atoms. The lowest BCUT2D eigenvalue weighted by atomic mass is 9.92. The Morgan fingerprint density at radius 2 is 1.59 bits per heavy atom. The third-order valence-corrected chi connectivity index (χ3v) is 2.18. The second-order valence-corrected chi connectivity index (χ2v) is 6.75. The van der Waals surface area contributed by atoms with Gasteiger partial charge in [-0.1, -0.05) is 20.8 Å².